The van der Waals surface area contributed by atoms with Gasteiger partial charge in [-0.25, -0.2) is 22.9 Å². The maximum absolute atomic E-state index is 15.4. The number of benzene rings is 2. The van der Waals surface area contributed by atoms with Crippen molar-refractivity contribution in [3.8, 4) is 11.9 Å². The second kappa shape index (κ2) is 12.2. The number of carbonyl (C=O) groups excluding carboxylic acids is 2. The third kappa shape index (κ3) is 6.52. The molecule has 220 valence electrons. The van der Waals surface area contributed by atoms with Gasteiger partial charge in [0.25, 0.3) is 12.3 Å². The molecular formula is C28H26F3N5O5S. The van der Waals surface area contributed by atoms with E-state index in [1.165, 1.54) is 23.1 Å². The summed E-state index contributed by atoms with van der Waals surface area (Å²) in [4.78, 5) is 35.8. The quantitative estimate of drug-likeness (QED) is 0.183. The van der Waals surface area contributed by atoms with Crippen molar-refractivity contribution in [2.24, 2.45) is 0 Å². The molecule has 4 rings (SSSR count). The van der Waals surface area contributed by atoms with Crippen molar-refractivity contribution in [1.29, 1.82) is 5.26 Å². The van der Waals surface area contributed by atoms with Crippen LogP contribution in [0, 0.1) is 17.1 Å². The lowest BCUT2D eigenvalue weighted by Crippen LogP contribution is -2.33. The number of hydrogen-bond acceptors (Lipinski definition) is 9. The molecule has 0 bridgehead atoms. The summed E-state index contributed by atoms with van der Waals surface area (Å²) in [6, 6.07) is 7.90. The summed E-state index contributed by atoms with van der Waals surface area (Å²) in [6.45, 7) is 6.27. The summed E-state index contributed by atoms with van der Waals surface area (Å²) in [5.41, 5.74) is -1.31. The molecule has 0 spiro atoms. The number of nitriles is 1. The SMILES string of the molecule is CCc1nc(OCCOC(=O)OC(C)(C)C)c2cc(N3CC(=O)N(c4ccc(C#N)c(C(F)F)c4)C3=S)cc(F)c2n1. The molecule has 10 nitrogen and oxygen atoms in total. The van der Waals surface area contributed by atoms with Crippen LogP contribution in [0.15, 0.2) is 30.3 Å². The lowest BCUT2D eigenvalue weighted by Gasteiger charge is -2.22. The van der Waals surface area contributed by atoms with E-state index in [9.17, 15) is 18.4 Å². The summed E-state index contributed by atoms with van der Waals surface area (Å²) in [6.07, 6.45) is -3.44. The summed E-state index contributed by atoms with van der Waals surface area (Å²) in [5.74, 6) is -0.946. The van der Waals surface area contributed by atoms with Gasteiger partial charge in [-0.2, -0.15) is 10.2 Å². The molecule has 0 atom stereocenters. The first-order valence-electron chi connectivity index (χ1n) is 12.8. The molecule has 42 heavy (non-hydrogen) atoms. The van der Waals surface area contributed by atoms with Crippen LogP contribution in [0.1, 0.15) is 51.1 Å². The van der Waals surface area contributed by atoms with Crippen molar-refractivity contribution >= 4 is 51.7 Å². The molecule has 14 heteroatoms. The number of thiocarbonyl (C=S) groups is 1. The Kier molecular flexibility index (Phi) is 8.81. The van der Waals surface area contributed by atoms with Crippen molar-refractivity contribution in [2.75, 3.05) is 29.6 Å². The minimum Gasteiger partial charge on any atom is -0.474 e. The average molecular weight is 602 g/mol. The first-order chi connectivity index (χ1) is 19.8. The van der Waals surface area contributed by atoms with Gasteiger partial charge in [-0.15, -0.1) is 0 Å². The number of anilines is 2. The molecule has 1 amide bonds. The summed E-state index contributed by atoms with van der Waals surface area (Å²) in [5, 5.41) is 9.23. The Morgan fingerprint density at radius 3 is 2.55 bits per heavy atom. The molecule has 0 aliphatic carbocycles. The van der Waals surface area contributed by atoms with E-state index in [2.05, 4.69) is 9.97 Å². The first-order valence-corrected chi connectivity index (χ1v) is 13.2. The number of hydrogen-bond donors (Lipinski definition) is 0. The highest BCUT2D eigenvalue weighted by molar-refractivity contribution is 7.81. The Morgan fingerprint density at radius 2 is 1.90 bits per heavy atom. The molecule has 1 aliphatic heterocycles. The van der Waals surface area contributed by atoms with Gasteiger partial charge in [0.2, 0.25) is 5.88 Å². The number of amides is 1. The first kappa shape index (κ1) is 30.4. The molecule has 0 unspecified atom stereocenters. The predicted octanol–water partition coefficient (Wildman–Crippen LogP) is 5.61. The Morgan fingerprint density at radius 1 is 1.17 bits per heavy atom. The molecule has 2 heterocycles. The van der Waals surface area contributed by atoms with Crippen LogP contribution in [-0.2, 0) is 20.7 Å². The Balaban J connectivity index is 1.62. The Hall–Kier alpha value is -4.51. The van der Waals surface area contributed by atoms with E-state index < -0.39 is 35.5 Å². The number of nitrogens with zero attached hydrogens (tertiary/aromatic N) is 5. The lowest BCUT2D eigenvalue weighted by atomic mass is 10.1. The highest BCUT2D eigenvalue weighted by Gasteiger charge is 2.36. The Bertz CT molecular complexity index is 1610. The van der Waals surface area contributed by atoms with Gasteiger partial charge in [-0.1, -0.05) is 6.92 Å². The van der Waals surface area contributed by atoms with Gasteiger partial charge in [0.15, 0.2) is 10.9 Å². The number of halogens is 3. The van der Waals surface area contributed by atoms with Gasteiger partial charge < -0.3 is 19.1 Å². The van der Waals surface area contributed by atoms with Crippen molar-refractivity contribution in [1.82, 2.24) is 9.97 Å². The molecule has 1 aromatic heterocycles. The molecule has 0 N–H and O–H groups in total. The number of rotatable bonds is 8. The zero-order chi connectivity index (χ0) is 30.8. The van der Waals surface area contributed by atoms with Gasteiger partial charge >= 0.3 is 6.16 Å². The van der Waals surface area contributed by atoms with Crippen molar-refractivity contribution in [3.63, 3.8) is 0 Å². The summed E-state index contributed by atoms with van der Waals surface area (Å²) in [7, 11) is 0. The van der Waals surface area contributed by atoms with Crippen LogP contribution in [0.3, 0.4) is 0 Å². The molecule has 0 saturated carbocycles. The van der Waals surface area contributed by atoms with Crippen LogP contribution in [0.4, 0.5) is 29.3 Å². The van der Waals surface area contributed by atoms with E-state index in [4.69, 9.17) is 31.7 Å². The highest BCUT2D eigenvalue weighted by atomic mass is 32.1. The maximum Gasteiger partial charge on any atom is 0.508 e. The number of fused-ring (bicyclic) bond motifs is 1. The van der Waals surface area contributed by atoms with Gasteiger partial charge in [-0.05, 0) is 63.3 Å². The number of alkyl halides is 2. The van der Waals surface area contributed by atoms with Crippen LogP contribution in [0.5, 0.6) is 5.88 Å². The Labute approximate surface area is 244 Å². The maximum atomic E-state index is 15.4. The van der Waals surface area contributed by atoms with E-state index in [0.29, 0.717) is 12.2 Å². The normalized spacial score (nSPS) is 13.6. The molecule has 2 aromatic carbocycles. The fourth-order valence-corrected chi connectivity index (χ4v) is 4.47. The van der Waals surface area contributed by atoms with E-state index >= 15 is 4.39 Å². The fourth-order valence-electron chi connectivity index (χ4n) is 4.09. The largest absolute Gasteiger partial charge is 0.508 e. The van der Waals surface area contributed by atoms with E-state index in [-0.39, 0.29) is 58.6 Å². The molecular weight excluding hydrogens is 575 g/mol. The van der Waals surface area contributed by atoms with Crippen LogP contribution in [0.2, 0.25) is 0 Å². The standard InChI is InChI=1S/C28H26F3N5O5S/c1-5-21-33-23-19(25(34-21)39-8-9-40-27(38)41-28(2,3)4)11-17(12-20(23)29)35-14-22(37)36(26(35)42)16-7-6-15(13-32)18(10-16)24(30)31/h6-7,10-12,24H,5,8-9,14H2,1-4H3. The summed E-state index contributed by atoms with van der Waals surface area (Å²) < 4.78 is 58.3. The van der Waals surface area contributed by atoms with Crippen LogP contribution in [-0.4, -0.2) is 52.5 Å². The van der Waals surface area contributed by atoms with Crippen molar-refractivity contribution < 1.29 is 37.0 Å². The van der Waals surface area contributed by atoms with Gasteiger partial charge in [0, 0.05) is 17.7 Å². The van der Waals surface area contributed by atoms with E-state index in [1.54, 1.807) is 33.8 Å². The van der Waals surface area contributed by atoms with Crippen LogP contribution < -0.4 is 14.5 Å². The molecule has 0 radical (unpaired) electrons. The zero-order valence-corrected chi connectivity index (χ0v) is 23.9. The zero-order valence-electron chi connectivity index (χ0n) is 23.1. The summed E-state index contributed by atoms with van der Waals surface area (Å²) >= 11 is 5.49. The number of ether oxygens (including phenoxy) is 3. The van der Waals surface area contributed by atoms with Crippen molar-refractivity contribution in [2.45, 2.75) is 46.1 Å². The number of aromatic nitrogens is 2. The monoisotopic (exact) mass is 601 g/mol. The highest BCUT2D eigenvalue weighted by Crippen LogP contribution is 2.34. The lowest BCUT2D eigenvalue weighted by molar-refractivity contribution is -0.115. The molecule has 1 fully saturated rings. The smallest absolute Gasteiger partial charge is 0.474 e. The number of carbonyl (C=O) groups is 2. The second-order valence-electron chi connectivity index (χ2n) is 10.1. The molecule has 3 aromatic rings. The molecule has 1 saturated heterocycles. The van der Waals surface area contributed by atoms with Gasteiger partial charge in [-0.3, -0.25) is 9.69 Å². The van der Waals surface area contributed by atoms with Crippen LogP contribution >= 0.6 is 12.2 Å². The third-order valence-electron chi connectivity index (χ3n) is 5.92. The van der Waals surface area contributed by atoms with Gasteiger partial charge in [0.1, 0.15) is 36.7 Å². The molecule has 1 aliphatic rings. The van der Waals surface area contributed by atoms with Gasteiger partial charge in [0.05, 0.1) is 22.7 Å². The van der Waals surface area contributed by atoms with E-state index in [0.717, 1.165) is 17.0 Å². The second-order valence-corrected chi connectivity index (χ2v) is 10.4. The fraction of sp³-hybridized carbons (Fsp3) is 0.357. The number of aryl methyl sites for hydroxylation is 1. The third-order valence-corrected chi connectivity index (χ3v) is 6.33. The van der Waals surface area contributed by atoms with E-state index in [1.807, 2.05) is 0 Å². The minimum atomic E-state index is -2.95. The van der Waals surface area contributed by atoms with Crippen LogP contribution in [0.25, 0.3) is 10.9 Å². The topological polar surface area (TPSA) is 118 Å². The minimum absolute atomic E-state index is 0.0207. The van der Waals surface area contributed by atoms with Crippen molar-refractivity contribution in [3.05, 3.63) is 53.1 Å². The predicted molar refractivity (Wildman–Crippen MR) is 150 cm³/mol. The average Bonchev–Trinajstić information content (AvgIpc) is 3.23.